The van der Waals surface area contributed by atoms with Crippen molar-refractivity contribution in [1.82, 2.24) is 0 Å². The van der Waals surface area contributed by atoms with Gasteiger partial charge in [0.2, 0.25) is 5.91 Å². The van der Waals surface area contributed by atoms with E-state index in [0.717, 1.165) is 35.8 Å². The number of anilines is 1. The highest BCUT2D eigenvalue weighted by Crippen LogP contribution is 2.57. The summed E-state index contributed by atoms with van der Waals surface area (Å²) < 4.78 is 1.02. The van der Waals surface area contributed by atoms with Crippen LogP contribution in [0.2, 0.25) is 0 Å². The number of rotatable bonds is 3. The molecule has 2 aliphatic carbocycles. The molecule has 154 valence electrons. The van der Waals surface area contributed by atoms with Crippen molar-refractivity contribution in [2.24, 2.45) is 11.3 Å². The highest BCUT2D eigenvalue weighted by Gasteiger charge is 2.54. The summed E-state index contributed by atoms with van der Waals surface area (Å²) in [5.41, 5.74) is 5.04. The second-order valence-electron chi connectivity index (χ2n) is 9.81. The quantitative estimate of drug-likeness (QED) is 0.521. The molecule has 2 aromatic rings. The van der Waals surface area contributed by atoms with Crippen LogP contribution in [0.3, 0.4) is 0 Å². The Bertz CT molecular complexity index is 919. The minimum absolute atomic E-state index is 0.0765. The largest absolute Gasteiger partial charge is 0.326 e. The predicted molar refractivity (Wildman–Crippen MR) is 124 cm³/mol. The Labute approximate surface area is 183 Å². The van der Waals surface area contributed by atoms with Crippen molar-refractivity contribution in [3.05, 3.63) is 63.6 Å². The molecule has 1 N–H and O–H groups in total. The molecule has 0 aliphatic heterocycles. The van der Waals surface area contributed by atoms with Gasteiger partial charge in [0, 0.05) is 10.2 Å². The van der Waals surface area contributed by atoms with Crippen molar-refractivity contribution in [1.29, 1.82) is 0 Å². The van der Waals surface area contributed by atoms with Gasteiger partial charge in [-0.3, -0.25) is 4.79 Å². The maximum absolute atomic E-state index is 13.5. The van der Waals surface area contributed by atoms with Gasteiger partial charge in [-0.1, -0.05) is 68.2 Å². The lowest BCUT2D eigenvalue weighted by molar-refractivity contribution is -0.133. The summed E-state index contributed by atoms with van der Waals surface area (Å²) >= 11 is 3.47. The number of carbonyl (C=O) groups excluding carboxylic acids is 1. The normalized spacial score (nSPS) is 28.6. The number of fused-ring (bicyclic) bond motifs is 3. The second-order valence-corrected chi connectivity index (χ2v) is 10.7. The zero-order chi connectivity index (χ0) is 20.8. The molecule has 3 heteroatoms. The zero-order valence-corrected chi connectivity index (χ0v) is 19.6. The summed E-state index contributed by atoms with van der Waals surface area (Å²) in [6, 6.07) is 15.0. The molecule has 1 amide bonds. The number of aryl methyl sites for hydroxylation is 1. The van der Waals surface area contributed by atoms with Gasteiger partial charge in [0.15, 0.2) is 0 Å². The van der Waals surface area contributed by atoms with Crippen LogP contribution in [-0.4, -0.2) is 5.91 Å². The van der Waals surface area contributed by atoms with Crippen LogP contribution >= 0.6 is 15.9 Å². The summed E-state index contributed by atoms with van der Waals surface area (Å²) in [6.07, 6.45) is 5.41. The van der Waals surface area contributed by atoms with Crippen molar-refractivity contribution in [2.45, 2.75) is 71.1 Å². The van der Waals surface area contributed by atoms with Gasteiger partial charge in [0.05, 0.1) is 5.41 Å². The average Bonchev–Trinajstić information content (AvgIpc) is 2.69. The van der Waals surface area contributed by atoms with E-state index in [2.05, 4.69) is 67.1 Å². The van der Waals surface area contributed by atoms with E-state index in [1.54, 1.807) is 0 Å². The minimum Gasteiger partial charge on any atom is -0.326 e. The number of nitrogens with one attached hydrogen (secondary N) is 1. The standard InChI is InChI=1S/C26H32BrNO/c1-17(2)18-6-12-22-19(16-18)7-13-23-25(22,3)14-5-15-26(23,4)24(29)28-21-10-8-20(27)9-11-21/h6,8-12,16-17,23H,5,7,13-15H2,1-4H3,(H,28,29)/t23-,25-,26-/m1/s1. The first kappa shape index (κ1) is 20.7. The van der Waals surface area contributed by atoms with Gasteiger partial charge < -0.3 is 5.32 Å². The Morgan fingerprint density at radius 1 is 1.10 bits per heavy atom. The molecule has 0 unspecified atom stereocenters. The van der Waals surface area contributed by atoms with Crippen LogP contribution in [0.4, 0.5) is 5.69 Å². The zero-order valence-electron chi connectivity index (χ0n) is 18.0. The van der Waals surface area contributed by atoms with E-state index in [9.17, 15) is 4.79 Å². The van der Waals surface area contributed by atoms with Crippen molar-refractivity contribution in [3.63, 3.8) is 0 Å². The van der Waals surface area contributed by atoms with Crippen molar-refractivity contribution in [3.8, 4) is 0 Å². The molecule has 29 heavy (non-hydrogen) atoms. The molecule has 0 bridgehead atoms. The maximum Gasteiger partial charge on any atom is 0.230 e. The van der Waals surface area contributed by atoms with Gasteiger partial charge in [-0.2, -0.15) is 0 Å². The molecule has 1 saturated carbocycles. The second kappa shape index (κ2) is 7.58. The van der Waals surface area contributed by atoms with Gasteiger partial charge in [-0.25, -0.2) is 0 Å². The SMILES string of the molecule is CC(C)c1ccc2c(c1)CC[C@H]1[C@](C)(C(=O)Nc3ccc(Br)cc3)CCC[C@]21C. The highest BCUT2D eigenvalue weighted by molar-refractivity contribution is 9.10. The molecule has 4 rings (SSSR count). The first-order valence-electron chi connectivity index (χ1n) is 10.9. The average molecular weight is 454 g/mol. The third-order valence-corrected chi connectivity index (χ3v) is 8.19. The number of hydrogen-bond donors (Lipinski definition) is 1. The van der Waals surface area contributed by atoms with Crippen LogP contribution in [0, 0.1) is 11.3 Å². The predicted octanol–water partition coefficient (Wildman–Crippen LogP) is 7.22. The smallest absolute Gasteiger partial charge is 0.230 e. The lowest BCUT2D eigenvalue weighted by Crippen LogP contribution is -2.53. The number of amides is 1. The number of benzene rings is 2. The molecule has 0 heterocycles. The van der Waals surface area contributed by atoms with Crippen LogP contribution in [-0.2, 0) is 16.6 Å². The van der Waals surface area contributed by atoms with Crippen LogP contribution < -0.4 is 5.32 Å². The molecular weight excluding hydrogens is 422 g/mol. The lowest BCUT2D eigenvalue weighted by Gasteiger charge is -2.54. The van der Waals surface area contributed by atoms with Gasteiger partial charge >= 0.3 is 0 Å². The number of hydrogen-bond acceptors (Lipinski definition) is 1. The topological polar surface area (TPSA) is 29.1 Å². The molecule has 2 aliphatic rings. The molecular formula is C26H32BrNO. The van der Waals surface area contributed by atoms with Gasteiger partial charge in [-0.15, -0.1) is 0 Å². The maximum atomic E-state index is 13.5. The Balaban J connectivity index is 1.65. The molecule has 0 spiro atoms. The summed E-state index contributed by atoms with van der Waals surface area (Å²) in [6.45, 7) is 9.14. The molecule has 0 saturated heterocycles. The van der Waals surface area contributed by atoms with Crippen LogP contribution in [0.5, 0.6) is 0 Å². The summed E-state index contributed by atoms with van der Waals surface area (Å²) in [7, 11) is 0. The molecule has 0 aromatic heterocycles. The third kappa shape index (κ3) is 3.56. The number of halogens is 1. The van der Waals surface area contributed by atoms with E-state index >= 15 is 0 Å². The Morgan fingerprint density at radius 2 is 1.83 bits per heavy atom. The lowest BCUT2D eigenvalue weighted by atomic mass is 9.49. The van der Waals surface area contributed by atoms with Crippen molar-refractivity contribution >= 4 is 27.5 Å². The van der Waals surface area contributed by atoms with Gasteiger partial charge in [0.25, 0.3) is 0 Å². The van der Waals surface area contributed by atoms with E-state index in [1.807, 2.05) is 24.3 Å². The molecule has 1 fully saturated rings. The highest BCUT2D eigenvalue weighted by atomic mass is 79.9. The van der Waals surface area contributed by atoms with Crippen molar-refractivity contribution in [2.75, 3.05) is 5.32 Å². The molecule has 3 atom stereocenters. The molecule has 0 radical (unpaired) electrons. The molecule has 2 aromatic carbocycles. The van der Waals surface area contributed by atoms with Crippen LogP contribution in [0.1, 0.15) is 76.0 Å². The van der Waals surface area contributed by atoms with Gasteiger partial charge in [-0.05, 0) is 83.9 Å². The van der Waals surface area contributed by atoms with Crippen LogP contribution in [0.25, 0.3) is 0 Å². The van der Waals surface area contributed by atoms with E-state index < -0.39 is 0 Å². The molecule has 2 nitrogen and oxygen atoms in total. The van der Waals surface area contributed by atoms with E-state index in [-0.39, 0.29) is 16.7 Å². The van der Waals surface area contributed by atoms with E-state index in [1.165, 1.54) is 23.1 Å². The fourth-order valence-corrected chi connectivity index (χ4v) is 6.21. The first-order valence-corrected chi connectivity index (χ1v) is 11.7. The summed E-state index contributed by atoms with van der Waals surface area (Å²) in [5.74, 6) is 1.11. The Kier molecular flexibility index (Phi) is 5.40. The summed E-state index contributed by atoms with van der Waals surface area (Å²) in [5, 5.41) is 3.22. The fourth-order valence-electron chi connectivity index (χ4n) is 5.95. The van der Waals surface area contributed by atoms with E-state index in [4.69, 9.17) is 0 Å². The monoisotopic (exact) mass is 453 g/mol. The third-order valence-electron chi connectivity index (χ3n) is 7.66. The first-order chi connectivity index (χ1) is 13.7. The minimum atomic E-state index is -0.339. The van der Waals surface area contributed by atoms with Gasteiger partial charge in [0.1, 0.15) is 0 Å². The Morgan fingerprint density at radius 3 is 2.52 bits per heavy atom. The van der Waals surface area contributed by atoms with Crippen molar-refractivity contribution < 1.29 is 4.79 Å². The Hall–Kier alpha value is -1.61. The van der Waals surface area contributed by atoms with Crippen LogP contribution in [0.15, 0.2) is 46.9 Å². The van der Waals surface area contributed by atoms with E-state index in [0.29, 0.717) is 11.8 Å². The summed E-state index contributed by atoms with van der Waals surface area (Å²) in [4.78, 5) is 13.5. The number of carbonyl (C=O) groups is 1. The fraction of sp³-hybridized carbons (Fsp3) is 0.500.